The van der Waals surface area contributed by atoms with Crippen LogP contribution in [-0.4, -0.2) is 24.2 Å². The fourth-order valence-corrected chi connectivity index (χ4v) is 2.62. The first kappa shape index (κ1) is 15.9. The SMILES string of the molecule is O=C(O)c1ccccc1NCCCOc1cccc2ccccc12. The number of hydrogen-bond acceptors (Lipinski definition) is 3. The molecular formula is C20H19NO3. The molecule has 0 aliphatic rings. The molecule has 2 N–H and O–H groups in total. The molecule has 4 nitrogen and oxygen atoms in total. The maximum absolute atomic E-state index is 11.2. The first-order chi connectivity index (χ1) is 11.8. The summed E-state index contributed by atoms with van der Waals surface area (Å²) in [4.78, 5) is 11.2. The largest absolute Gasteiger partial charge is 0.493 e. The van der Waals surface area contributed by atoms with Crippen LogP contribution < -0.4 is 10.1 Å². The summed E-state index contributed by atoms with van der Waals surface area (Å²) in [5.74, 6) is -0.0517. The molecule has 0 aromatic heterocycles. The molecular weight excluding hydrogens is 302 g/mol. The van der Waals surface area contributed by atoms with E-state index in [0.717, 1.165) is 22.9 Å². The number of carbonyl (C=O) groups is 1. The van der Waals surface area contributed by atoms with Gasteiger partial charge in [-0.15, -0.1) is 0 Å². The molecule has 4 heteroatoms. The average molecular weight is 321 g/mol. The van der Waals surface area contributed by atoms with E-state index in [4.69, 9.17) is 9.84 Å². The van der Waals surface area contributed by atoms with Gasteiger partial charge in [0.15, 0.2) is 0 Å². The van der Waals surface area contributed by atoms with Crippen LogP contribution in [0.2, 0.25) is 0 Å². The fourth-order valence-electron chi connectivity index (χ4n) is 2.62. The van der Waals surface area contributed by atoms with Crippen LogP contribution in [0.1, 0.15) is 16.8 Å². The molecule has 0 saturated carbocycles. The highest BCUT2D eigenvalue weighted by molar-refractivity contribution is 5.94. The van der Waals surface area contributed by atoms with Crippen molar-refractivity contribution in [1.82, 2.24) is 0 Å². The van der Waals surface area contributed by atoms with E-state index < -0.39 is 5.97 Å². The minimum atomic E-state index is -0.926. The standard InChI is InChI=1S/C20H19NO3/c22-20(23)17-10-3-4-11-18(17)21-13-6-14-24-19-12-5-8-15-7-1-2-9-16(15)19/h1-5,7-12,21H,6,13-14H2,(H,22,23). The van der Waals surface area contributed by atoms with Gasteiger partial charge in [-0.05, 0) is 30.0 Å². The third kappa shape index (κ3) is 3.66. The van der Waals surface area contributed by atoms with Crippen molar-refractivity contribution in [3.8, 4) is 5.75 Å². The molecule has 0 saturated heterocycles. The van der Waals surface area contributed by atoms with Gasteiger partial charge in [0.2, 0.25) is 0 Å². The van der Waals surface area contributed by atoms with Crippen LogP contribution >= 0.6 is 0 Å². The molecule has 0 radical (unpaired) electrons. The second kappa shape index (κ2) is 7.51. The predicted octanol–water partition coefficient (Wildman–Crippen LogP) is 4.42. The Balaban J connectivity index is 1.53. The van der Waals surface area contributed by atoms with E-state index in [1.165, 1.54) is 0 Å². The van der Waals surface area contributed by atoms with E-state index in [9.17, 15) is 4.79 Å². The van der Waals surface area contributed by atoms with Gasteiger partial charge in [-0.3, -0.25) is 0 Å². The summed E-state index contributed by atoms with van der Waals surface area (Å²) < 4.78 is 5.88. The van der Waals surface area contributed by atoms with Gasteiger partial charge in [0.25, 0.3) is 0 Å². The molecule has 0 aliphatic carbocycles. The summed E-state index contributed by atoms with van der Waals surface area (Å²) in [6.07, 6.45) is 0.775. The molecule has 0 unspecified atom stereocenters. The summed E-state index contributed by atoms with van der Waals surface area (Å²) in [5, 5.41) is 14.6. The van der Waals surface area contributed by atoms with E-state index in [0.29, 0.717) is 18.8 Å². The number of hydrogen-bond donors (Lipinski definition) is 2. The van der Waals surface area contributed by atoms with Gasteiger partial charge >= 0.3 is 5.97 Å². The van der Waals surface area contributed by atoms with Crippen molar-refractivity contribution >= 4 is 22.4 Å². The zero-order valence-corrected chi connectivity index (χ0v) is 13.2. The molecule has 0 bridgehead atoms. The van der Waals surface area contributed by atoms with Crippen molar-refractivity contribution < 1.29 is 14.6 Å². The number of fused-ring (bicyclic) bond motifs is 1. The number of carboxylic acid groups (broad SMARTS) is 1. The Morgan fingerprint density at radius 2 is 1.71 bits per heavy atom. The van der Waals surface area contributed by atoms with Crippen molar-refractivity contribution in [1.29, 1.82) is 0 Å². The minimum absolute atomic E-state index is 0.285. The number of aromatic carboxylic acids is 1. The first-order valence-corrected chi connectivity index (χ1v) is 7.92. The highest BCUT2D eigenvalue weighted by Gasteiger charge is 2.08. The number of carboxylic acids is 1. The lowest BCUT2D eigenvalue weighted by molar-refractivity contribution is 0.0698. The number of para-hydroxylation sites is 1. The number of ether oxygens (including phenoxy) is 1. The highest BCUT2D eigenvalue weighted by Crippen LogP contribution is 2.25. The predicted molar refractivity (Wildman–Crippen MR) is 96.0 cm³/mol. The molecule has 122 valence electrons. The van der Waals surface area contributed by atoms with Crippen LogP contribution in [0.5, 0.6) is 5.75 Å². The zero-order valence-electron chi connectivity index (χ0n) is 13.2. The van der Waals surface area contributed by atoms with Crippen LogP contribution in [-0.2, 0) is 0 Å². The molecule has 0 aliphatic heterocycles. The molecule has 0 amide bonds. The van der Waals surface area contributed by atoms with Gasteiger partial charge in [0.1, 0.15) is 5.75 Å². The lowest BCUT2D eigenvalue weighted by Crippen LogP contribution is -2.10. The third-order valence-electron chi connectivity index (χ3n) is 3.80. The molecule has 3 aromatic carbocycles. The Bertz CT molecular complexity index is 840. The second-order valence-corrected chi connectivity index (χ2v) is 5.46. The van der Waals surface area contributed by atoms with Crippen molar-refractivity contribution in [3.63, 3.8) is 0 Å². The van der Waals surface area contributed by atoms with Crippen LogP contribution in [0.4, 0.5) is 5.69 Å². The molecule has 3 rings (SSSR count). The summed E-state index contributed by atoms with van der Waals surface area (Å²) >= 11 is 0. The molecule has 0 fully saturated rings. The normalized spacial score (nSPS) is 10.5. The number of nitrogens with one attached hydrogen (secondary N) is 1. The molecule has 0 atom stereocenters. The van der Waals surface area contributed by atoms with Crippen molar-refractivity contribution in [2.45, 2.75) is 6.42 Å². The average Bonchev–Trinajstić information content (AvgIpc) is 2.62. The monoisotopic (exact) mass is 321 g/mol. The second-order valence-electron chi connectivity index (χ2n) is 5.46. The molecule has 0 spiro atoms. The minimum Gasteiger partial charge on any atom is -0.493 e. The van der Waals surface area contributed by atoms with Crippen LogP contribution in [0.3, 0.4) is 0 Å². The quantitative estimate of drug-likeness (QED) is 0.633. The van der Waals surface area contributed by atoms with Gasteiger partial charge < -0.3 is 15.2 Å². The lowest BCUT2D eigenvalue weighted by atomic mass is 10.1. The number of rotatable bonds is 7. The Morgan fingerprint density at radius 1 is 0.958 bits per heavy atom. The van der Waals surface area contributed by atoms with Gasteiger partial charge in [-0.2, -0.15) is 0 Å². The van der Waals surface area contributed by atoms with Gasteiger partial charge in [-0.25, -0.2) is 4.79 Å². The van der Waals surface area contributed by atoms with Crippen molar-refractivity contribution in [2.75, 3.05) is 18.5 Å². The molecule has 0 heterocycles. The van der Waals surface area contributed by atoms with E-state index in [2.05, 4.69) is 17.4 Å². The Morgan fingerprint density at radius 3 is 2.58 bits per heavy atom. The maximum atomic E-state index is 11.2. The zero-order chi connectivity index (χ0) is 16.8. The van der Waals surface area contributed by atoms with E-state index in [-0.39, 0.29) is 5.56 Å². The topological polar surface area (TPSA) is 58.6 Å². The van der Waals surface area contributed by atoms with Gasteiger partial charge in [0, 0.05) is 17.6 Å². The number of anilines is 1. The fraction of sp³-hybridized carbons (Fsp3) is 0.150. The molecule has 24 heavy (non-hydrogen) atoms. The van der Waals surface area contributed by atoms with Crippen LogP contribution in [0, 0.1) is 0 Å². The van der Waals surface area contributed by atoms with Crippen molar-refractivity contribution in [3.05, 3.63) is 72.3 Å². The third-order valence-corrected chi connectivity index (χ3v) is 3.80. The van der Waals surface area contributed by atoms with Crippen LogP contribution in [0.25, 0.3) is 10.8 Å². The summed E-state index contributed by atoms with van der Waals surface area (Å²) in [5.41, 5.74) is 0.919. The Hall–Kier alpha value is -3.01. The van der Waals surface area contributed by atoms with Gasteiger partial charge in [0.05, 0.1) is 12.2 Å². The summed E-state index contributed by atoms with van der Waals surface area (Å²) in [6.45, 7) is 1.21. The maximum Gasteiger partial charge on any atom is 0.337 e. The van der Waals surface area contributed by atoms with Crippen LogP contribution in [0.15, 0.2) is 66.7 Å². The first-order valence-electron chi connectivity index (χ1n) is 7.92. The van der Waals surface area contributed by atoms with E-state index in [1.54, 1.807) is 18.2 Å². The lowest BCUT2D eigenvalue weighted by Gasteiger charge is -2.11. The number of benzene rings is 3. The van der Waals surface area contributed by atoms with Gasteiger partial charge in [-0.1, -0.05) is 48.5 Å². The van der Waals surface area contributed by atoms with E-state index in [1.807, 2.05) is 36.4 Å². The smallest absolute Gasteiger partial charge is 0.337 e. The highest BCUT2D eigenvalue weighted by atomic mass is 16.5. The summed E-state index contributed by atoms with van der Waals surface area (Å²) in [6, 6.07) is 21.0. The Labute approximate surface area is 140 Å². The molecule has 3 aromatic rings. The Kier molecular flexibility index (Phi) is 4.96. The van der Waals surface area contributed by atoms with Crippen molar-refractivity contribution in [2.24, 2.45) is 0 Å². The van der Waals surface area contributed by atoms with E-state index >= 15 is 0 Å². The summed E-state index contributed by atoms with van der Waals surface area (Å²) in [7, 11) is 0.